The molecule has 4 rings (SSSR count). The molecule has 1 amide bonds. The number of anilines is 1. The van der Waals surface area contributed by atoms with Crippen LogP contribution in [0, 0.1) is 0 Å². The van der Waals surface area contributed by atoms with Crippen molar-refractivity contribution in [3.63, 3.8) is 0 Å². The summed E-state index contributed by atoms with van der Waals surface area (Å²) >= 11 is 0. The largest absolute Gasteiger partial charge is 0.530 e. The molecule has 0 radical (unpaired) electrons. The summed E-state index contributed by atoms with van der Waals surface area (Å²) in [6, 6.07) is 10.5. The highest BCUT2D eigenvalue weighted by Gasteiger charge is 2.61. The lowest BCUT2D eigenvalue weighted by molar-refractivity contribution is -0.360. The van der Waals surface area contributed by atoms with Gasteiger partial charge >= 0.3 is 12.3 Å². The lowest BCUT2D eigenvalue weighted by Crippen LogP contribution is -2.66. The van der Waals surface area contributed by atoms with Crippen LogP contribution in [0.25, 0.3) is 17.1 Å². The molecule has 0 spiro atoms. The molecule has 0 bridgehead atoms. The Morgan fingerprint density at radius 2 is 1.64 bits per heavy atom. The number of hydrogen-bond acceptors (Lipinski definition) is 9. The van der Waals surface area contributed by atoms with Gasteiger partial charge in [0.05, 0.1) is 11.8 Å². The molecule has 240 valence electrons. The first-order valence-corrected chi connectivity index (χ1v) is 13.4. The van der Waals surface area contributed by atoms with Crippen LogP contribution in [0.3, 0.4) is 0 Å². The van der Waals surface area contributed by atoms with Crippen molar-refractivity contribution in [1.29, 1.82) is 0 Å². The molecule has 44 heavy (non-hydrogen) atoms. The standard InChI is InChI=1S/C28H31F5N4O7/c1-5-14-42-22-21(40-3)16(2)43-25(23(22)41-4)37(26(38)39)19-8-6-17(7-9-19)24-34-15-36(35-24)18-10-12-20(13-11-18)44-28(32,33)27(29,30)31/h6-13,15-16,21-23,25H,5,14H2,1-4H3,(H,38,39)/p-1/t16-,21-,22+,23+,25-/m0/s1. The van der Waals surface area contributed by atoms with E-state index in [9.17, 15) is 31.9 Å². The zero-order valence-corrected chi connectivity index (χ0v) is 24.0. The molecule has 0 N–H and O–H groups in total. The maximum atomic E-state index is 13.2. The van der Waals surface area contributed by atoms with E-state index in [1.807, 2.05) is 6.92 Å². The monoisotopic (exact) mass is 629 g/mol. The topological polar surface area (TPSA) is 120 Å². The van der Waals surface area contributed by atoms with Gasteiger partial charge in [-0.15, -0.1) is 5.10 Å². The minimum absolute atomic E-state index is 0.212. The molecule has 0 saturated carbocycles. The first-order valence-electron chi connectivity index (χ1n) is 13.4. The SMILES string of the molecule is CCCO[C@@H]1[C@@H](OC)[C@H](C)O[C@H](N(C(=O)[O-])c2ccc(-c3ncn(-c4ccc(OC(F)(F)C(F)(F)F)cc4)n3)cc2)[C@@H]1OC. The summed E-state index contributed by atoms with van der Waals surface area (Å²) in [5, 5.41) is 16.7. The Balaban J connectivity index is 1.53. The molecule has 0 unspecified atom stereocenters. The molecular weight excluding hydrogens is 599 g/mol. The van der Waals surface area contributed by atoms with Gasteiger partial charge in [0.25, 0.3) is 0 Å². The Hall–Kier alpha value is -3.86. The van der Waals surface area contributed by atoms with Crippen LogP contribution in [0.4, 0.5) is 32.4 Å². The van der Waals surface area contributed by atoms with Gasteiger partial charge < -0.3 is 33.6 Å². The number of aromatic nitrogens is 3. The van der Waals surface area contributed by atoms with Crippen molar-refractivity contribution in [2.24, 2.45) is 0 Å². The van der Waals surface area contributed by atoms with Crippen LogP contribution in [-0.4, -0.2) is 84.6 Å². The minimum atomic E-state index is -5.87. The summed E-state index contributed by atoms with van der Waals surface area (Å²) in [5.41, 5.74) is 0.999. The number of rotatable bonds is 11. The number of hydrogen-bond donors (Lipinski definition) is 0. The average Bonchev–Trinajstić information content (AvgIpc) is 3.46. The number of methoxy groups -OCH3 is 2. The van der Waals surface area contributed by atoms with Gasteiger partial charge in [-0.05, 0) is 61.9 Å². The number of nitrogens with zero attached hydrogens (tertiary/aromatic N) is 4. The molecule has 3 aromatic rings. The first kappa shape index (κ1) is 33.0. The van der Waals surface area contributed by atoms with Crippen LogP contribution in [0.15, 0.2) is 54.9 Å². The maximum absolute atomic E-state index is 13.2. The molecule has 1 fully saturated rings. The van der Waals surface area contributed by atoms with Crippen molar-refractivity contribution in [1.82, 2.24) is 14.8 Å². The van der Waals surface area contributed by atoms with Gasteiger partial charge in [-0.1, -0.05) is 6.92 Å². The van der Waals surface area contributed by atoms with Gasteiger partial charge in [0.1, 0.15) is 36.5 Å². The Morgan fingerprint density at radius 3 is 2.18 bits per heavy atom. The highest BCUT2D eigenvalue weighted by Crippen LogP contribution is 2.37. The molecular formula is C28H30F5N4O7-. The summed E-state index contributed by atoms with van der Waals surface area (Å²) < 4.78 is 91.9. The zero-order chi connectivity index (χ0) is 32.2. The fourth-order valence-electron chi connectivity index (χ4n) is 4.74. The number of carbonyl (C=O) groups is 1. The maximum Gasteiger partial charge on any atom is 0.499 e. The number of carbonyl (C=O) groups excluding carboxylic acids is 1. The number of halogens is 5. The van der Waals surface area contributed by atoms with E-state index in [0.717, 1.165) is 23.5 Å². The predicted octanol–water partition coefficient (Wildman–Crippen LogP) is 4.19. The molecule has 11 nitrogen and oxygen atoms in total. The van der Waals surface area contributed by atoms with E-state index < -0.39 is 54.8 Å². The Labute approximate surface area is 249 Å². The van der Waals surface area contributed by atoms with Crippen molar-refractivity contribution in [2.45, 2.75) is 63.2 Å². The third-order valence-corrected chi connectivity index (χ3v) is 6.83. The molecule has 1 aliphatic heterocycles. The highest BCUT2D eigenvalue weighted by molar-refractivity contribution is 5.85. The van der Waals surface area contributed by atoms with Crippen molar-refractivity contribution in [2.75, 3.05) is 25.7 Å². The third-order valence-electron chi connectivity index (χ3n) is 6.83. The minimum Gasteiger partial charge on any atom is -0.530 e. The van der Waals surface area contributed by atoms with E-state index in [0.29, 0.717) is 17.9 Å². The van der Waals surface area contributed by atoms with E-state index >= 15 is 0 Å². The van der Waals surface area contributed by atoms with Gasteiger partial charge in [0.2, 0.25) is 0 Å². The second-order valence-corrected chi connectivity index (χ2v) is 9.77. The summed E-state index contributed by atoms with van der Waals surface area (Å²) in [6.07, 6.45) is -14.4. The fourth-order valence-corrected chi connectivity index (χ4v) is 4.74. The Bertz CT molecular complexity index is 1390. The van der Waals surface area contributed by atoms with Crippen LogP contribution in [0.2, 0.25) is 0 Å². The van der Waals surface area contributed by atoms with Crippen molar-refractivity contribution >= 4 is 11.8 Å². The molecule has 5 atom stereocenters. The Morgan fingerprint density at radius 1 is 1.00 bits per heavy atom. The fraction of sp³-hybridized carbons (Fsp3) is 0.464. The summed E-state index contributed by atoms with van der Waals surface area (Å²) in [4.78, 5) is 17.5. The molecule has 16 heteroatoms. The first-order chi connectivity index (χ1) is 20.8. The van der Waals surface area contributed by atoms with Gasteiger partial charge in [0.15, 0.2) is 12.1 Å². The smallest absolute Gasteiger partial charge is 0.499 e. The van der Waals surface area contributed by atoms with Crippen LogP contribution in [0.1, 0.15) is 20.3 Å². The van der Waals surface area contributed by atoms with Crippen LogP contribution < -0.4 is 14.7 Å². The summed E-state index contributed by atoms with van der Waals surface area (Å²) in [6.45, 7) is 4.08. The van der Waals surface area contributed by atoms with Crippen LogP contribution >= 0.6 is 0 Å². The molecule has 1 aliphatic rings. The van der Waals surface area contributed by atoms with Crippen molar-refractivity contribution < 1.29 is 55.5 Å². The highest BCUT2D eigenvalue weighted by atomic mass is 19.4. The molecule has 1 aromatic heterocycles. The van der Waals surface area contributed by atoms with E-state index in [2.05, 4.69) is 14.8 Å². The van der Waals surface area contributed by atoms with Gasteiger partial charge in [-0.2, -0.15) is 22.0 Å². The van der Waals surface area contributed by atoms with E-state index in [1.165, 1.54) is 49.5 Å². The lowest BCUT2D eigenvalue weighted by Gasteiger charge is -2.48. The molecule has 1 saturated heterocycles. The van der Waals surface area contributed by atoms with Gasteiger partial charge in [0, 0.05) is 32.1 Å². The predicted molar refractivity (Wildman–Crippen MR) is 142 cm³/mol. The number of benzene rings is 2. The summed E-state index contributed by atoms with van der Waals surface area (Å²) in [7, 11) is 2.93. The quantitative estimate of drug-likeness (QED) is 0.288. The van der Waals surface area contributed by atoms with E-state index in [1.54, 1.807) is 19.1 Å². The normalized spacial score (nSPS) is 22.5. The average molecular weight is 630 g/mol. The zero-order valence-electron chi connectivity index (χ0n) is 24.0. The second-order valence-electron chi connectivity index (χ2n) is 9.77. The van der Waals surface area contributed by atoms with E-state index in [4.69, 9.17) is 18.9 Å². The van der Waals surface area contributed by atoms with Crippen molar-refractivity contribution in [3.05, 3.63) is 54.9 Å². The van der Waals surface area contributed by atoms with Crippen LogP contribution in [0.5, 0.6) is 5.75 Å². The third kappa shape index (κ3) is 6.93. The lowest BCUT2D eigenvalue weighted by atomic mass is 9.97. The number of carboxylic acid groups (broad SMARTS) is 1. The van der Waals surface area contributed by atoms with Gasteiger partial charge in [-0.25, -0.2) is 9.67 Å². The summed E-state index contributed by atoms with van der Waals surface area (Å²) in [5.74, 6) is -0.480. The second kappa shape index (κ2) is 13.4. The number of ether oxygens (including phenoxy) is 5. The van der Waals surface area contributed by atoms with Crippen molar-refractivity contribution in [3.8, 4) is 22.8 Å². The molecule has 0 aliphatic carbocycles. The molecule has 2 heterocycles. The molecule has 2 aromatic carbocycles. The number of amides is 1. The van der Waals surface area contributed by atoms with Gasteiger partial charge in [-0.3, -0.25) is 4.90 Å². The number of alkyl halides is 5. The van der Waals surface area contributed by atoms with E-state index in [-0.39, 0.29) is 11.5 Å². The Kier molecular flexibility index (Phi) is 10.1. The van der Waals surface area contributed by atoms with Crippen LogP contribution in [-0.2, 0) is 18.9 Å².